The minimum Gasteiger partial charge on any atom is -0.465 e. The molecule has 0 saturated carbocycles. The van der Waals surface area contributed by atoms with E-state index in [0.717, 1.165) is 18.4 Å². The molecular weight excluding hydrogens is 338 g/mol. The maximum absolute atomic E-state index is 12.7. The highest BCUT2D eigenvalue weighted by molar-refractivity contribution is 5.96. The minimum atomic E-state index is -0.446. The van der Waals surface area contributed by atoms with Gasteiger partial charge in [0.15, 0.2) is 5.78 Å². The summed E-state index contributed by atoms with van der Waals surface area (Å²) in [4.78, 5) is 28.4. The molecule has 2 aromatic rings. The van der Waals surface area contributed by atoms with Crippen LogP contribution in [0.1, 0.15) is 75.7 Å². The van der Waals surface area contributed by atoms with E-state index in [9.17, 15) is 9.59 Å². The molecule has 0 spiro atoms. The largest absolute Gasteiger partial charge is 0.465 e. The monoisotopic (exact) mass is 363 g/mol. The Morgan fingerprint density at radius 1 is 1.11 bits per heavy atom. The number of hydrogen-bond acceptors (Lipinski definition) is 4. The van der Waals surface area contributed by atoms with Gasteiger partial charge in [0.1, 0.15) is 5.69 Å². The van der Waals surface area contributed by atoms with E-state index in [0.29, 0.717) is 23.1 Å². The SMILES string of the molecule is COC(=O)c1ccc(C(=O)Cc2cc3c4c(c2)CCCC4(C)CCC3)nc1. The molecule has 0 N–H and O–H groups in total. The summed E-state index contributed by atoms with van der Waals surface area (Å²) < 4.78 is 4.67. The van der Waals surface area contributed by atoms with Gasteiger partial charge in [-0.05, 0) is 78.3 Å². The summed E-state index contributed by atoms with van der Waals surface area (Å²) in [5, 5.41) is 0. The van der Waals surface area contributed by atoms with Gasteiger partial charge >= 0.3 is 5.97 Å². The number of nitrogens with zero attached hydrogens (tertiary/aromatic N) is 1. The normalized spacial score (nSPS) is 17.1. The number of carbonyl (C=O) groups excluding carboxylic acids is 2. The Bertz CT molecular complexity index is 867. The van der Waals surface area contributed by atoms with E-state index < -0.39 is 5.97 Å². The lowest BCUT2D eigenvalue weighted by Crippen LogP contribution is -2.32. The molecule has 0 radical (unpaired) electrons. The van der Waals surface area contributed by atoms with E-state index >= 15 is 0 Å². The van der Waals surface area contributed by atoms with Gasteiger partial charge in [0.2, 0.25) is 0 Å². The van der Waals surface area contributed by atoms with Crippen molar-refractivity contribution in [2.75, 3.05) is 7.11 Å². The molecule has 0 aliphatic heterocycles. The highest BCUT2D eigenvalue weighted by atomic mass is 16.5. The number of ketones is 1. The average Bonchev–Trinajstić information content (AvgIpc) is 2.67. The first-order valence-corrected chi connectivity index (χ1v) is 9.73. The number of hydrogen-bond donors (Lipinski definition) is 0. The third-order valence-corrected chi connectivity index (χ3v) is 6.15. The third kappa shape index (κ3) is 3.29. The van der Waals surface area contributed by atoms with Crippen molar-refractivity contribution in [3.63, 3.8) is 0 Å². The van der Waals surface area contributed by atoms with E-state index in [1.165, 1.54) is 50.1 Å². The predicted octanol–water partition coefficient (Wildman–Crippen LogP) is 4.22. The highest BCUT2D eigenvalue weighted by Crippen LogP contribution is 2.46. The zero-order valence-corrected chi connectivity index (χ0v) is 16.0. The molecule has 140 valence electrons. The number of aromatic nitrogens is 1. The first-order valence-electron chi connectivity index (χ1n) is 9.73. The van der Waals surface area contributed by atoms with E-state index in [-0.39, 0.29) is 5.78 Å². The molecule has 0 unspecified atom stereocenters. The van der Waals surface area contributed by atoms with Crippen LogP contribution in [0.3, 0.4) is 0 Å². The van der Waals surface area contributed by atoms with Gasteiger partial charge in [-0.25, -0.2) is 4.79 Å². The predicted molar refractivity (Wildman–Crippen MR) is 103 cm³/mol. The number of ether oxygens (including phenoxy) is 1. The van der Waals surface area contributed by atoms with Gasteiger partial charge in [0, 0.05) is 12.6 Å². The van der Waals surface area contributed by atoms with Crippen molar-refractivity contribution in [2.24, 2.45) is 0 Å². The molecule has 2 aliphatic rings. The van der Waals surface area contributed by atoms with Crippen molar-refractivity contribution < 1.29 is 14.3 Å². The van der Waals surface area contributed by atoms with E-state index in [2.05, 4.69) is 28.8 Å². The molecular formula is C23H25NO3. The number of Topliss-reactive ketones (excluding diaryl/α,β-unsaturated/α-hetero) is 1. The lowest BCUT2D eigenvalue weighted by molar-refractivity contribution is 0.0599. The second-order valence-electron chi connectivity index (χ2n) is 8.08. The van der Waals surface area contributed by atoms with Crippen molar-refractivity contribution in [2.45, 2.75) is 57.3 Å². The van der Waals surface area contributed by atoms with Crippen LogP contribution >= 0.6 is 0 Å². The van der Waals surface area contributed by atoms with Gasteiger partial charge in [-0.1, -0.05) is 19.1 Å². The lowest BCUT2D eigenvalue weighted by Gasteiger charge is -2.41. The molecule has 4 nitrogen and oxygen atoms in total. The van der Waals surface area contributed by atoms with Crippen LogP contribution in [0.2, 0.25) is 0 Å². The van der Waals surface area contributed by atoms with Crippen LogP contribution in [0, 0.1) is 0 Å². The second kappa shape index (κ2) is 6.91. The zero-order valence-electron chi connectivity index (χ0n) is 16.0. The van der Waals surface area contributed by atoms with Crippen molar-refractivity contribution in [1.82, 2.24) is 4.98 Å². The lowest BCUT2D eigenvalue weighted by atomic mass is 9.63. The fraction of sp³-hybridized carbons (Fsp3) is 0.435. The molecule has 0 atom stereocenters. The first-order chi connectivity index (χ1) is 13.0. The first kappa shape index (κ1) is 17.9. The molecule has 1 aromatic carbocycles. The summed E-state index contributed by atoms with van der Waals surface area (Å²) in [6, 6.07) is 7.67. The molecule has 1 heterocycles. The van der Waals surface area contributed by atoms with Crippen LogP contribution in [0.15, 0.2) is 30.5 Å². The molecule has 27 heavy (non-hydrogen) atoms. The zero-order chi connectivity index (χ0) is 19.0. The molecule has 0 saturated heterocycles. The van der Waals surface area contributed by atoms with Gasteiger partial charge < -0.3 is 4.74 Å². The Hall–Kier alpha value is -2.49. The van der Waals surface area contributed by atoms with Gasteiger partial charge in [-0.3, -0.25) is 9.78 Å². The molecule has 2 aliphatic carbocycles. The molecule has 0 amide bonds. The van der Waals surface area contributed by atoms with Crippen LogP contribution in [-0.2, 0) is 29.4 Å². The summed E-state index contributed by atoms with van der Waals surface area (Å²) in [6.45, 7) is 2.41. The van der Waals surface area contributed by atoms with E-state index in [1.807, 2.05) is 0 Å². The number of aryl methyl sites for hydroxylation is 2. The number of methoxy groups -OCH3 is 1. The van der Waals surface area contributed by atoms with Gasteiger partial charge in [0.25, 0.3) is 0 Å². The van der Waals surface area contributed by atoms with Crippen LogP contribution in [0.25, 0.3) is 0 Å². The maximum atomic E-state index is 12.7. The number of pyridine rings is 1. The summed E-state index contributed by atoms with van der Waals surface area (Å²) in [5.74, 6) is -0.466. The summed E-state index contributed by atoms with van der Waals surface area (Å²) in [6.07, 6.45) is 9.01. The Morgan fingerprint density at radius 3 is 2.33 bits per heavy atom. The van der Waals surface area contributed by atoms with Gasteiger partial charge in [0.05, 0.1) is 12.7 Å². The Balaban J connectivity index is 1.58. The fourth-order valence-electron chi connectivity index (χ4n) is 4.90. The summed E-state index contributed by atoms with van der Waals surface area (Å²) in [5.41, 5.74) is 6.60. The topological polar surface area (TPSA) is 56.3 Å². The minimum absolute atomic E-state index is 0.0204. The summed E-state index contributed by atoms with van der Waals surface area (Å²) in [7, 11) is 1.33. The second-order valence-corrected chi connectivity index (χ2v) is 8.08. The van der Waals surface area contributed by atoms with Crippen LogP contribution in [0.4, 0.5) is 0 Å². The average molecular weight is 363 g/mol. The van der Waals surface area contributed by atoms with Crippen LogP contribution in [-0.4, -0.2) is 23.8 Å². The standard InChI is InChI=1S/C23H25NO3/c1-23-9-3-5-16-11-15(12-17(21(16)23)6-4-10-23)13-20(25)19-8-7-18(14-24-19)22(26)27-2/h7-8,11-12,14H,3-6,9-10,13H2,1-2H3. The van der Waals surface area contributed by atoms with Crippen molar-refractivity contribution >= 4 is 11.8 Å². The molecule has 0 bridgehead atoms. The van der Waals surface area contributed by atoms with Crippen LogP contribution < -0.4 is 0 Å². The van der Waals surface area contributed by atoms with Crippen molar-refractivity contribution in [1.29, 1.82) is 0 Å². The quantitative estimate of drug-likeness (QED) is 0.603. The smallest absolute Gasteiger partial charge is 0.339 e. The van der Waals surface area contributed by atoms with Crippen molar-refractivity contribution in [3.05, 3.63) is 64.0 Å². The fourth-order valence-corrected chi connectivity index (χ4v) is 4.90. The Kier molecular flexibility index (Phi) is 4.58. The summed E-state index contributed by atoms with van der Waals surface area (Å²) >= 11 is 0. The molecule has 1 aromatic heterocycles. The van der Waals surface area contributed by atoms with E-state index in [4.69, 9.17) is 0 Å². The number of esters is 1. The third-order valence-electron chi connectivity index (χ3n) is 6.15. The number of carbonyl (C=O) groups is 2. The van der Waals surface area contributed by atoms with Crippen molar-refractivity contribution in [3.8, 4) is 0 Å². The van der Waals surface area contributed by atoms with Crippen LogP contribution in [0.5, 0.6) is 0 Å². The highest BCUT2D eigenvalue weighted by Gasteiger charge is 2.36. The molecule has 4 rings (SSSR count). The van der Waals surface area contributed by atoms with Gasteiger partial charge in [-0.15, -0.1) is 0 Å². The van der Waals surface area contributed by atoms with Gasteiger partial charge in [-0.2, -0.15) is 0 Å². The Morgan fingerprint density at radius 2 is 1.78 bits per heavy atom. The molecule has 4 heteroatoms. The maximum Gasteiger partial charge on any atom is 0.339 e. The number of rotatable bonds is 4. The Labute approximate surface area is 160 Å². The molecule has 0 fully saturated rings. The van der Waals surface area contributed by atoms with E-state index in [1.54, 1.807) is 17.7 Å². The number of benzene rings is 1.